The van der Waals surface area contributed by atoms with Gasteiger partial charge in [-0.05, 0) is 13.8 Å². The average molecular weight is 326 g/mol. The number of carboxylic acids is 1. The van der Waals surface area contributed by atoms with E-state index in [9.17, 15) is 19.5 Å². The van der Waals surface area contributed by atoms with Crippen molar-refractivity contribution in [3.8, 4) is 0 Å². The highest BCUT2D eigenvalue weighted by Crippen LogP contribution is 2.50. The third kappa shape index (κ3) is 2.23. The lowest BCUT2D eigenvalue weighted by atomic mass is 9.96. The van der Waals surface area contributed by atoms with Gasteiger partial charge in [-0.3, -0.25) is 9.59 Å². The van der Waals surface area contributed by atoms with Gasteiger partial charge in [-0.15, -0.1) is 22.0 Å². The number of fused-ring (bicyclic) bond motifs is 1. The first kappa shape index (κ1) is 14.8. The summed E-state index contributed by atoms with van der Waals surface area (Å²) in [7, 11) is 0. The minimum Gasteiger partial charge on any atom is -0.480 e. The maximum atomic E-state index is 12.2. The minimum absolute atomic E-state index is 0.118. The topological polar surface area (TPSA) is 126 Å². The third-order valence-electron chi connectivity index (χ3n) is 3.71. The molecule has 2 aliphatic heterocycles. The van der Waals surface area contributed by atoms with Crippen LogP contribution in [0.2, 0.25) is 0 Å². The summed E-state index contributed by atoms with van der Waals surface area (Å²) in [4.78, 5) is 36.8. The molecule has 0 aromatic carbocycles. The molecule has 2 saturated heterocycles. The first-order valence-electron chi connectivity index (χ1n) is 6.58. The number of thioether (sulfide) groups is 1. The number of amides is 2. The molecule has 2 N–H and O–H groups in total. The van der Waals surface area contributed by atoms with Crippen molar-refractivity contribution in [2.45, 2.75) is 42.5 Å². The van der Waals surface area contributed by atoms with E-state index in [0.717, 1.165) is 6.39 Å². The van der Waals surface area contributed by atoms with E-state index in [1.165, 1.54) is 16.7 Å². The fraction of sp³-hybridized carbons (Fsp3) is 0.583. The van der Waals surface area contributed by atoms with Crippen LogP contribution in [0.3, 0.4) is 0 Å². The van der Waals surface area contributed by atoms with Gasteiger partial charge in [0.15, 0.2) is 0 Å². The number of nitrogens with one attached hydrogen (secondary N) is 1. The second-order valence-electron chi connectivity index (χ2n) is 5.65. The summed E-state index contributed by atoms with van der Waals surface area (Å²) in [6.07, 6.45) is 0.999. The largest absolute Gasteiger partial charge is 0.480 e. The molecule has 0 aliphatic carbocycles. The van der Waals surface area contributed by atoms with Crippen LogP contribution in [0.15, 0.2) is 10.8 Å². The lowest BCUT2D eigenvalue weighted by Gasteiger charge is -2.43. The summed E-state index contributed by atoms with van der Waals surface area (Å²) in [6, 6.07) is -1.61. The summed E-state index contributed by atoms with van der Waals surface area (Å²) in [5.74, 6) is -1.68. The van der Waals surface area contributed by atoms with Gasteiger partial charge in [-0.25, -0.2) is 4.79 Å². The standard InChI is InChI=1S/C12H14N4O5S/c1-12(2)8(11(19)20)16-9(18)7(10(16)22-12)14-5(17)3-6-15-13-4-21-6/h4,7-8,10H,3H2,1-2H3,(H,14,17)(H,19,20)/t7-,8+,10-/m1/s1. The lowest BCUT2D eigenvalue weighted by Crippen LogP contribution is -2.70. The van der Waals surface area contributed by atoms with E-state index in [1.807, 2.05) is 0 Å². The summed E-state index contributed by atoms with van der Waals surface area (Å²) in [5, 5.41) is 18.6. The number of β-lactam (4-membered cyclic amide) rings is 1. The quantitative estimate of drug-likeness (QED) is 0.692. The molecule has 10 heteroatoms. The SMILES string of the molecule is CC1(C)S[C@@H]2[C@H](NC(=O)Cc3nnco3)C(=O)N2[C@H]1C(=O)O. The number of carbonyl (C=O) groups excluding carboxylic acids is 2. The molecule has 0 saturated carbocycles. The molecule has 2 aliphatic rings. The minimum atomic E-state index is -1.04. The summed E-state index contributed by atoms with van der Waals surface area (Å²) >= 11 is 1.37. The Bertz CT molecular complexity index is 631. The van der Waals surface area contributed by atoms with E-state index >= 15 is 0 Å². The first-order valence-corrected chi connectivity index (χ1v) is 7.46. The van der Waals surface area contributed by atoms with Gasteiger partial charge in [0.1, 0.15) is 23.9 Å². The number of carbonyl (C=O) groups is 3. The van der Waals surface area contributed by atoms with Crippen molar-refractivity contribution in [2.24, 2.45) is 0 Å². The molecule has 1 aromatic heterocycles. The Kier molecular flexibility index (Phi) is 3.35. The number of carboxylic acid groups (broad SMARTS) is 1. The maximum Gasteiger partial charge on any atom is 0.327 e. The van der Waals surface area contributed by atoms with Crippen LogP contribution in [-0.2, 0) is 20.8 Å². The van der Waals surface area contributed by atoms with Gasteiger partial charge in [0, 0.05) is 4.75 Å². The Morgan fingerprint density at radius 1 is 1.55 bits per heavy atom. The maximum absolute atomic E-state index is 12.2. The Labute approximate surface area is 129 Å². The van der Waals surface area contributed by atoms with Crippen LogP contribution in [0, 0.1) is 0 Å². The molecule has 3 atom stereocenters. The highest BCUT2D eigenvalue weighted by molar-refractivity contribution is 8.01. The number of hydrogen-bond donors (Lipinski definition) is 2. The molecule has 3 rings (SSSR count). The number of nitrogens with zero attached hydrogens (tertiary/aromatic N) is 3. The third-order valence-corrected chi connectivity index (χ3v) is 5.28. The monoisotopic (exact) mass is 326 g/mol. The molecular formula is C12H14N4O5S. The zero-order valence-electron chi connectivity index (χ0n) is 11.8. The summed E-state index contributed by atoms with van der Waals surface area (Å²) < 4.78 is 4.26. The van der Waals surface area contributed by atoms with Crippen LogP contribution in [0.5, 0.6) is 0 Å². The number of rotatable bonds is 4. The van der Waals surface area contributed by atoms with Crippen molar-refractivity contribution in [1.82, 2.24) is 20.4 Å². The highest BCUT2D eigenvalue weighted by atomic mass is 32.2. The van der Waals surface area contributed by atoms with Crippen molar-refractivity contribution in [2.75, 3.05) is 0 Å². The van der Waals surface area contributed by atoms with Gasteiger partial charge >= 0.3 is 5.97 Å². The van der Waals surface area contributed by atoms with Crippen molar-refractivity contribution in [3.63, 3.8) is 0 Å². The molecule has 2 fully saturated rings. The molecule has 0 bridgehead atoms. The smallest absolute Gasteiger partial charge is 0.327 e. The van der Waals surface area contributed by atoms with Crippen LogP contribution >= 0.6 is 11.8 Å². The van der Waals surface area contributed by atoms with E-state index in [1.54, 1.807) is 13.8 Å². The average Bonchev–Trinajstić information content (AvgIpc) is 3.00. The van der Waals surface area contributed by atoms with E-state index < -0.39 is 28.7 Å². The van der Waals surface area contributed by atoms with Gasteiger partial charge < -0.3 is 19.7 Å². The molecule has 9 nitrogen and oxygen atoms in total. The Morgan fingerprint density at radius 2 is 2.27 bits per heavy atom. The first-order chi connectivity index (χ1) is 10.3. The van der Waals surface area contributed by atoms with Gasteiger partial charge in [-0.1, -0.05) is 0 Å². The molecule has 3 heterocycles. The van der Waals surface area contributed by atoms with Crippen molar-refractivity contribution in [3.05, 3.63) is 12.3 Å². The summed E-state index contributed by atoms with van der Waals surface area (Å²) in [5.41, 5.74) is 0. The van der Waals surface area contributed by atoms with Crippen molar-refractivity contribution in [1.29, 1.82) is 0 Å². The van der Waals surface area contributed by atoms with Crippen LogP contribution < -0.4 is 5.32 Å². The molecule has 118 valence electrons. The van der Waals surface area contributed by atoms with Gasteiger partial charge in [0.25, 0.3) is 0 Å². The van der Waals surface area contributed by atoms with E-state index in [0.29, 0.717) is 0 Å². The predicted molar refractivity (Wildman–Crippen MR) is 73.7 cm³/mol. The van der Waals surface area contributed by atoms with Crippen molar-refractivity contribution >= 4 is 29.5 Å². The molecule has 0 unspecified atom stereocenters. The number of aromatic nitrogens is 2. The second-order valence-corrected chi connectivity index (χ2v) is 7.42. The Morgan fingerprint density at radius 3 is 2.86 bits per heavy atom. The number of hydrogen-bond acceptors (Lipinski definition) is 7. The lowest BCUT2D eigenvalue weighted by molar-refractivity contribution is -0.161. The van der Waals surface area contributed by atoms with E-state index in [2.05, 4.69) is 15.5 Å². The Hall–Kier alpha value is -2.10. The molecular weight excluding hydrogens is 312 g/mol. The van der Waals surface area contributed by atoms with E-state index in [4.69, 9.17) is 4.42 Å². The normalized spacial score (nSPS) is 28.9. The highest BCUT2D eigenvalue weighted by Gasteiger charge is 2.64. The van der Waals surface area contributed by atoms with Gasteiger partial charge in [0.2, 0.25) is 24.1 Å². The predicted octanol–water partition coefficient (Wildman–Crippen LogP) is -0.756. The molecule has 2 amide bonds. The van der Waals surface area contributed by atoms with Crippen LogP contribution in [0.1, 0.15) is 19.7 Å². The molecule has 0 spiro atoms. The number of aliphatic carboxylic acids is 1. The van der Waals surface area contributed by atoms with Gasteiger partial charge in [0.05, 0.1) is 0 Å². The second kappa shape index (κ2) is 4.97. The molecule has 1 aromatic rings. The van der Waals surface area contributed by atoms with Gasteiger partial charge in [-0.2, -0.15) is 0 Å². The van der Waals surface area contributed by atoms with Crippen molar-refractivity contribution < 1.29 is 23.9 Å². The Balaban J connectivity index is 1.67. The zero-order chi connectivity index (χ0) is 16.1. The molecule has 0 radical (unpaired) electrons. The fourth-order valence-electron chi connectivity index (χ4n) is 2.78. The summed E-state index contributed by atoms with van der Waals surface area (Å²) in [6.45, 7) is 3.55. The van der Waals surface area contributed by atoms with Crippen LogP contribution in [0.25, 0.3) is 0 Å². The van der Waals surface area contributed by atoms with E-state index in [-0.39, 0.29) is 23.6 Å². The zero-order valence-corrected chi connectivity index (χ0v) is 12.7. The molecule has 22 heavy (non-hydrogen) atoms. The van der Waals surface area contributed by atoms with Crippen LogP contribution in [-0.4, -0.2) is 60.2 Å². The fourth-order valence-corrected chi connectivity index (χ4v) is 4.41. The van der Waals surface area contributed by atoms with Crippen LogP contribution in [0.4, 0.5) is 0 Å².